The summed E-state index contributed by atoms with van der Waals surface area (Å²) in [5, 5.41) is 16.5. The van der Waals surface area contributed by atoms with Crippen LogP contribution in [0.5, 0.6) is 0 Å². The molecule has 0 spiro atoms. The van der Waals surface area contributed by atoms with Crippen LogP contribution in [0.3, 0.4) is 0 Å². The number of nitrogens with zero attached hydrogens (tertiary/aromatic N) is 8. The van der Waals surface area contributed by atoms with Crippen LogP contribution in [0.1, 0.15) is 54.8 Å². The molecule has 0 saturated carbocycles. The van der Waals surface area contributed by atoms with Crippen LogP contribution in [-0.4, -0.2) is 58.6 Å². The fraction of sp³-hybridized carbons (Fsp3) is 0.529. The Bertz CT molecular complexity index is 943. The Morgan fingerprint density at radius 1 is 1.31 bits per heavy atom. The van der Waals surface area contributed by atoms with Gasteiger partial charge in [0, 0.05) is 38.3 Å². The van der Waals surface area contributed by atoms with E-state index in [-0.39, 0.29) is 11.8 Å². The molecule has 0 N–H and O–H groups in total. The molecule has 0 aliphatic carbocycles. The van der Waals surface area contributed by atoms with E-state index in [9.17, 15) is 4.79 Å². The fourth-order valence-electron chi connectivity index (χ4n) is 3.59. The van der Waals surface area contributed by atoms with E-state index in [1.54, 1.807) is 30.3 Å². The zero-order valence-corrected chi connectivity index (χ0v) is 15.2. The molecule has 1 aliphatic rings. The van der Waals surface area contributed by atoms with Crippen LogP contribution in [0.15, 0.2) is 18.6 Å². The number of carbonyl (C=O) groups is 1. The number of carbonyl (C=O) groups excluding carboxylic acids is 1. The highest BCUT2D eigenvalue weighted by molar-refractivity contribution is 6.03. The zero-order valence-electron chi connectivity index (χ0n) is 15.2. The van der Waals surface area contributed by atoms with Crippen molar-refractivity contribution in [3.8, 4) is 0 Å². The van der Waals surface area contributed by atoms with Crippen LogP contribution in [-0.2, 0) is 7.05 Å². The first-order valence-corrected chi connectivity index (χ1v) is 8.89. The minimum Gasteiger partial charge on any atom is -0.338 e. The minimum atomic E-state index is -0.0294. The van der Waals surface area contributed by atoms with Crippen LogP contribution in [0.2, 0.25) is 0 Å². The molecule has 1 atom stereocenters. The quantitative estimate of drug-likeness (QED) is 0.708. The average Bonchev–Trinajstić information content (AvgIpc) is 3.29. The largest absolute Gasteiger partial charge is 0.338 e. The zero-order chi connectivity index (χ0) is 18.3. The van der Waals surface area contributed by atoms with E-state index in [0.717, 1.165) is 25.2 Å². The van der Waals surface area contributed by atoms with Gasteiger partial charge in [0.15, 0.2) is 5.65 Å². The van der Waals surface area contributed by atoms with Gasteiger partial charge < -0.3 is 9.47 Å². The lowest BCUT2D eigenvalue weighted by Crippen LogP contribution is -2.40. The molecule has 0 radical (unpaired) electrons. The summed E-state index contributed by atoms with van der Waals surface area (Å²) in [7, 11) is 1.77. The maximum absolute atomic E-state index is 13.1. The van der Waals surface area contributed by atoms with Crippen LogP contribution >= 0.6 is 0 Å². The molecule has 4 heterocycles. The maximum atomic E-state index is 13.1. The fourth-order valence-corrected chi connectivity index (χ4v) is 3.59. The van der Waals surface area contributed by atoms with Gasteiger partial charge in [-0.1, -0.05) is 5.21 Å². The Morgan fingerprint density at radius 2 is 2.15 bits per heavy atom. The van der Waals surface area contributed by atoms with Crippen LogP contribution in [0, 0.1) is 0 Å². The Morgan fingerprint density at radius 3 is 2.96 bits per heavy atom. The summed E-state index contributed by atoms with van der Waals surface area (Å²) >= 11 is 0. The number of aromatic nitrogens is 7. The van der Waals surface area contributed by atoms with E-state index >= 15 is 0 Å². The second-order valence-electron chi connectivity index (χ2n) is 7.02. The normalized spacial score (nSPS) is 18.0. The van der Waals surface area contributed by atoms with Crippen LogP contribution in [0.25, 0.3) is 11.2 Å². The first-order valence-electron chi connectivity index (χ1n) is 8.89. The molecule has 1 unspecified atom stereocenters. The van der Waals surface area contributed by atoms with Crippen molar-refractivity contribution in [2.45, 2.75) is 38.6 Å². The third kappa shape index (κ3) is 2.73. The number of piperidine rings is 1. The average molecular weight is 354 g/mol. The molecule has 3 aromatic rings. The molecule has 9 nitrogen and oxygen atoms in total. The third-order valence-electron chi connectivity index (χ3n) is 4.95. The van der Waals surface area contributed by atoms with Crippen LogP contribution in [0.4, 0.5) is 0 Å². The molecule has 9 heteroatoms. The number of rotatable bonds is 3. The summed E-state index contributed by atoms with van der Waals surface area (Å²) in [5.41, 5.74) is 1.71. The first kappa shape index (κ1) is 16.6. The molecule has 26 heavy (non-hydrogen) atoms. The molecule has 136 valence electrons. The van der Waals surface area contributed by atoms with Crippen molar-refractivity contribution in [1.82, 2.24) is 39.6 Å². The minimum absolute atomic E-state index is 0.0294. The molecule has 1 aliphatic heterocycles. The maximum Gasteiger partial charge on any atom is 0.256 e. The lowest BCUT2D eigenvalue weighted by molar-refractivity contribution is 0.0704. The summed E-state index contributed by atoms with van der Waals surface area (Å²) in [6, 6.07) is 2.02. The molecule has 1 saturated heterocycles. The van der Waals surface area contributed by atoms with Crippen molar-refractivity contribution >= 4 is 17.1 Å². The number of hydrogen-bond acceptors (Lipinski definition) is 6. The van der Waals surface area contributed by atoms with Gasteiger partial charge in [-0.3, -0.25) is 4.79 Å². The van der Waals surface area contributed by atoms with Crippen LogP contribution < -0.4 is 0 Å². The SMILES string of the molecule is CC(C)n1cnnc1C1CCCN(C(=O)c2ccnc3c2nnn3C)C1. The summed E-state index contributed by atoms with van der Waals surface area (Å²) in [6.07, 6.45) is 5.35. The van der Waals surface area contributed by atoms with Crippen molar-refractivity contribution < 1.29 is 4.79 Å². The van der Waals surface area contributed by atoms with Gasteiger partial charge in [0.1, 0.15) is 17.7 Å². The van der Waals surface area contributed by atoms with E-state index in [2.05, 4.69) is 43.9 Å². The highest BCUT2D eigenvalue weighted by Gasteiger charge is 2.30. The number of aryl methyl sites for hydroxylation is 1. The van der Waals surface area contributed by atoms with Gasteiger partial charge in [-0.25, -0.2) is 9.67 Å². The lowest BCUT2D eigenvalue weighted by Gasteiger charge is -2.32. The summed E-state index contributed by atoms with van der Waals surface area (Å²) in [6.45, 7) is 5.59. The number of likely N-dealkylation sites (tertiary alicyclic amines) is 1. The molecular formula is C17H22N8O. The summed E-state index contributed by atoms with van der Waals surface area (Å²) < 4.78 is 3.67. The molecule has 0 bridgehead atoms. The van der Waals surface area contributed by atoms with Gasteiger partial charge in [-0.15, -0.1) is 15.3 Å². The molecule has 1 amide bonds. The highest BCUT2D eigenvalue weighted by atomic mass is 16.2. The molecule has 3 aromatic heterocycles. The van der Waals surface area contributed by atoms with Crippen molar-refractivity contribution in [3.05, 3.63) is 30.0 Å². The van der Waals surface area contributed by atoms with Gasteiger partial charge in [0.2, 0.25) is 0 Å². The van der Waals surface area contributed by atoms with Crippen molar-refractivity contribution in [1.29, 1.82) is 0 Å². The van der Waals surface area contributed by atoms with Crippen molar-refractivity contribution in [2.24, 2.45) is 7.05 Å². The topological polar surface area (TPSA) is 94.6 Å². The Balaban J connectivity index is 1.61. The van der Waals surface area contributed by atoms with Gasteiger partial charge in [0.25, 0.3) is 5.91 Å². The van der Waals surface area contributed by atoms with Gasteiger partial charge in [-0.05, 0) is 32.8 Å². The van der Waals surface area contributed by atoms with Crippen molar-refractivity contribution in [2.75, 3.05) is 13.1 Å². The number of hydrogen-bond donors (Lipinski definition) is 0. The van der Waals surface area contributed by atoms with Gasteiger partial charge in [0.05, 0.1) is 5.56 Å². The standard InChI is InChI=1S/C17H22N8O/c1-11(2)25-10-19-21-15(25)12-5-4-8-24(9-12)17(26)13-6-7-18-16-14(13)20-22-23(16)3/h6-7,10-12H,4-5,8-9H2,1-3H3. The predicted molar refractivity (Wildman–Crippen MR) is 94.6 cm³/mol. The molecule has 4 rings (SSSR count). The van der Waals surface area contributed by atoms with Gasteiger partial charge >= 0.3 is 0 Å². The Kier molecular flexibility index (Phi) is 4.14. The number of fused-ring (bicyclic) bond motifs is 1. The van der Waals surface area contributed by atoms with Crippen molar-refractivity contribution in [3.63, 3.8) is 0 Å². The van der Waals surface area contributed by atoms with E-state index in [1.165, 1.54) is 0 Å². The smallest absolute Gasteiger partial charge is 0.256 e. The Hall–Kier alpha value is -2.84. The van der Waals surface area contributed by atoms with E-state index in [1.807, 2.05) is 4.90 Å². The third-order valence-corrected chi connectivity index (χ3v) is 4.95. The second-order valence-corrected chi connectivity index (χ2v) is 7.02. The summed E-state index contributed by atoms with van der Waals surface area (Å²) in [5.74, 6) is 1.12. The molecule has 0 aromatic carbocycles. The van der Waals surface area contributed by atoms with E-state index in [4.69, 9.17) is 0 Å². The summed E-state index contributed by atoms with van der Waals surface area (Å²) in [4.78, 5) is 19.3. The van der Waals surface area contributed by atoms with E-state index < -0.39 is 0 Å². The molecule has 1 fully saturated rings. The number of pyridine rings is 1. The first-order chi connectivity index (χ1) is 12.6. The predicted octanol–water partition coefficient (Wildman–Crippen LogP) is 1.56. The Labute approximate surface area is 151 Å². The van der Waals surface area contributed by atoms with Gasteiger partial charge in [-0.2, -0.15) is 0 Å². The highest BCUT2D eigenvalue weighted by Crippen LogP contribution is 2.28. The second kappa shape index (κ2) is 6.47. The lowest BCUT2D eigenvalue weighted by atomic mass is 9.96. The molecular weight excluding hydrogens is 332 g/mol. The number of amides is 1. The monoisotopic (exact) mass is 354 g/mol. The van der Waals surface area contributed by atoms with E-state index in [0.29, 0.717) is 29.3 Å².